The minimum absolute atomic E-state index is 1.06. The molecule has 0 amide bonds. The van der Waals surface area contributed by atoms with Crippen LogP contribution < -0.4 is 0 Å². The summed E-state index contributed by atoms with van der Waals surface area (Å²) in [5.74, 6) is 0. The SMILES string of the molecule is C=C(C)CCC[N+](C)(C)C.CC. The molecule has 0 unspecified atom stereocenters. The third kappa shape index (κ3) is 16.4. The van der Waals surface area contributed by atoms with Crippen LogP contribution in [0.2, 0.25) is 0 Å². The molecular weight excluding hydrogens is 146 g/mol. The summed E-state index contributed by atoms with van der Waals surface area (Å²) in [5, 5.41) is 0. The molecule has 0 rings (SSSR count). The molecule has 0 aliphatic rings. The van der Waals surface area contributed by atoms with Crippen molar-refractivity contribution in [1.82, 2.24) is 0 Å². The van der Waals surface area contributed by atoms with E-state index in [1.165, 1.54) is 25.0 Å². The predicted octanol–water partition coefficient (Wildman–Crippen LogP) is 3.08. The van der Waals surface area contributed by atoms with E-state index in [0.29, 0.717) is 0 Å². The molecule has 0 aromatic heterocycles. The molecule has 0 saturated carbocycles. The van der Waals surface area contributed by atoms with E-state index in [1.807, 2.05) is 13.8 Å². The van der Waals surface area contributed by atoms with Crippen molar-refractivity contribution in [3.05, 3.63) is 12.2 Å². The second-order valence-corrected chi connectivity index (χ2v) is 4.07. The second-order valence-electron chi connectivity index (χ2n) is 4.07. The second kappa shape index (κ2) is 7.35. The molecule has 0 radical (unpaired) electrons. The maximum atomic E-state index is 3.87. The van der Waals surface area contributed by atoms with Gasteiger partial charge in [0.2, 0.25) is 0 Å². The molecule has 1 nitrogen and oxygen atoms in total. The summed E-state index contributed by atoms with van der Waals surface area (Å²) >= 11 is 0. The lowest BCUT2D eigenvalue weighted by Gasteiger charge is -2.23. The molecule has 0 bridgehead atoms. The highest BCUT2D eigenvalue weighted by Crippen LogP contribution is 2.03. The Labute approximate surface area is 78.7 Å². The maximum Gasteiger partial charge on any atom is 0.0783 e. The van der Waals surface area contributed by atoms with Crippen LogP contribution in [-0.2, 0) is 0 Å². The Morgan fingerprint density at radius 1 is 1.17 bits per heavy atom. The van der Waals surface area contributed by atoms with E-state index in [1.54, 1.807) is 0 Å². The summed E-state index contributed by atoms with van der Waals surface area (Å²) < 4.78 is 1.06. The third-order valence-electron chi connectivity index (χ3n) is 1.43. The summed E-state index contributed by atoms with van der Waals surface area (Å²) in [5.41, 5.74) is 1.30. The summed E-state index contributed by atoms with van der Waals surface area (Å²) in [6.07, 6.45) is 2.44. The summed E-state index contributed by atoms with van der Waals surface area (Å²) in [6, 6.07) is 0. The molecule has 0 aromatic carbocycles. The van der Waals surface area contributed by atoms with Gasteiger partial charge in [-0.15, -0.1) is 6.58 Å². The van der Waals surface area contributed by atoms with Gasteiger partial charge < -0.3 is 4.48 Å². The lowest BCUT2D eigenvalue weighted by molar-refractivity contribution is -0.870. The number of rotatable bonds is 4. The fourth-order valence-electron chi connectivity index (χ4n) is 0.855. The van der Waals surface area contributed by atoms with Crippen molar-refractivity contribution >= 4 is 0 Å². The first kappa shape index (κ1) is 14.2. The van der Waals surface area contributed by atoms with Crippen LogP contribution in [0.4, 0.5) is 0 Å². The van der Waals surface area contributed by atoms with Crippen molar-refractivity contribution in [1.29, 1.82) is 0 Å². The number of quaternary nitrogens is 1. The quantitative estimate of drug-likeness (QED) is 0.451. The molecule has 0 aliphatic heterocycles. The smallest absolute Gasteiger partial charge is 0.0783 e. The lowest BCUT2D eigenvalue weighted by Crippen LogP contribution is -2.35. The van der Waals surface area contributed by atoms with Gasteiger partial charge in [0.05, 0.1) is 27.7 Å². The minimum atomic E-state index is 1.06. The zero-order chi connectivity index (χ0) is 10.2. The van der Waals surface area contributed by atoms with Crippen LogP contribution in [0, 0.1) is 0 Å². The number of nitrogens with zero attached hydrogens (tertiary/aromatic N) is 1. The Bertz CT molecular complexity index is 109. The number of hydrogen-bond donors (Lipinski definition) is 0. The fraction of sp³-hybridized carbons (Fsp3) is 0.818. The lowest BCUT2D eigenvalue weighted by atomic mass is 10.2. The average Bonchev–Trinajstić information content (AvgIpc) is 1.88. The van der Waals surface area contributed by atoms with E-state index >= 15 is 0 Å². The van der Waals surface area contributed by atoms with Gasteiger partial charge in [0, 0.05) is 6.42 Å². The van der Waals surface area contributed by atoms with Crippen LogP contribution in [0.25, 0.3) is 0 Å². The highest BCUT2D eigenvalue weighted by Gasteiger charge is 2.04. The standard InChI is InChI=1S/C9H20N.C2H6/c1-9(2)7-6-8-10(3,4)5;1-2/h1,6-8H2,2-5H3;1-2H3/q+1;. The predicted molar refractivity (Wildman–Crippen MR) is 58.3 cm³/mol. The maximum absolute atomic E-state index is 3.87. The molecule has 0 atom stereocenters. The molecule has 0 fully saturated rings. The van der Waals surface area contributed by atoms with Crippen molar-refractivity contribution in [2.75, 3.05) is 27.7 Å². The van der Waals surface area contributed by atoms with Gasteiger partial charge in [0.1, 0.15) is 0 Å². The Morgan fingerprint density at radius 2 is 1.58 bits per heavy atom. The van der Waals surface area contributed by atoms with E-state index in [9.17, 15) is 0 Å². The highest BCUT2D eigenvalue weighted by atomic mass is 15.3. The van der Waals surface area contributed by atoms with Crippen molar-refractivity contribution in [3.63, 3.8) is 0 Å². The van der Waals surface area contributed by atoms with Gasteiger partial charge >= 0.3 is 0 Å². The van der Waals surface area contributed by atoms with E-state index in [-0.39, 0.29) is 0 Å². The van der Waals surface area contributed by atoms with E-state index in [0.717, 1.165) is 4.48 Å². The highest BCUT2D eigenvalue weighted by molar-refractivity contribution is 4.86. The zero-order valence-electron chi connectivity index (χ0n) is 9.78. The first-order valence-corrected chi connectivity index (χ1v) is 4.86. The largest absolute Gasteiger partial charge is 0.331 e. The minimum Gasteiger partial charge on any atom is -0.331 e. The van der Waals surface area contributed by atoms with Gasteiger partial charge in [-0.2, -0.15) is 0 Å². The molecule has 0 aliphatic carbocycles. The molecule has 0 N–H and O–H groups in total. The zero-order valence-corrected chi connectivity index (χ0v) is 9.78. The van der Waals surface area contributed by atoms with Gasteiger partial charge in [0.25, 0.3) is 0 Å². The number of allylic oxidation sites excluding steroid dienone is 1. The molecule has 12 heavy (non-hydrogen) atoms. The first-order chi connectivity index (χ1) is 5.42. The van der Waals surface area contributed by atoms with Crippen molar-refractivity contribution in [2.45, 2.75) is 33.6 Å². The third-order valence-corrected chi connectivity index (χ3v) is 1.43. The molecule has 0 aromatic rings. The van der Waals surface area contributed by atoms with Crippen molar-refractivity contribution in [2.24, 2.45) is 0 Å². The van der Waals surface area contributed by atoms with Crippen LogP contribution in [-0.4, -0.2) is 32.2 Å². The Kier molecular flexibility index (Phi) is 8.73. The topological polar surface area (TPSA) is 0 Å². The van der Waals surface area contributed by atoms with Crippen LogP contribution >= 0.6 is 0 Å². The van der Waals surface area contributed by atoms with Crippen LogP contribution in [0.5, 0.6) is 0 Å². The Morgan fingerprint density at radius 3 is 1.83 bits per heavy atom. The van der Waals surface area contributed by atoms with E-state index in [2.05, 4.69) is 34.6 Å². The number of hydrogen-bond acceptors (Lipinski definition) is 0. The van der Waals surface area contributed by atoms with Gasteiger partial charge in [-0.1, -0.05) is 19.4 Å². The van der Waals surface area contributed by atoms with E-state index in [4.69, 9.17) is 0 Å². The molecule has 0 heterocycles. The van der Waals surface area contributed by atoms with Crippen LogP contribution in [0.15, 0.2) is 12.2 Å². The first-order valence-electron chi connectivity index (χ1n) is 4.86. The van der Waals surface area contributed by atoms with Crippen LogP contribution in [0.3, 0.4) is 0 Å². The normalized spacial score (nSPS) is 10.2. The van der Waals surface area contributed by atoms with Crippen molar-refractivity contribution < 1.29 is 4.48 Å². The van der Waals surface area contributed by atoms with Gasteiger partial charge in [0.15, 0.2) is 0 Å². The molecule has 1 heteroatoms. The monoisotopic (exact) mass is 172 g/mol. The van der Waals surface area contributed by atoms with Gasteiger partial charge in [-0.3, -0.25) is 0 Å². The molecule has 74 valence electrons. The van der Waals surface area contributed by atoms with Gasteiger partial charge in [-0.25, -0.2) is 0 Å². The van der Waals surface area contributed by atoms with E-state index < -0.39 is 0 Å². The fourth-order valence-corrected chi connectivity index (χ4v) is 0.855. The molecular formula is C11H26N+. The summed E-state index contributed by atoms with van der Waals surface area (Å²) in [6.45, 7) is 11.2. The van der Waals surface area contributed by atoms with Crippen LogP contribution in [0.1, 0.15) is 33.6 Å². The molecule has 0 saturated heterocycles. The summed E-state index contributed by atoms with van der Waals surface area (Å²) in [7, 11) is 6.66. The van der Waals surface area contributed by atoms with Gasteiger partial charge in [-0.05, 0) is 13.3 Å². The average molecular weight is 172 g/mol. The van der Waals surface area contributed by atoms with Crippen molar-refractivity contribution in [3.8, 4) is 0 Å². The Hall–Kier alpha value is -0.300. The summed E-state index contributed by atoms with van der Waals surface area (Å²) in [4.78, 5) is 0. The molecule has 0 spiro atoms. The Balaban J connectivity index is 0.